The van der Waals surface area contributed by atoms with E-state index in [1.807, 2.05) is 122 Å². The molecule has 322 valence electrons. The first-order valence-corrected chi connectivity index (χ1v) is 19.8. The van der Waals surface area contributed by atoms with Crippen LogP contribution in [0.25, 0.3) is 0 Å². The molecule has 0 aliphatic carbocycles. The van der Waals surface area contributed by atoms with E-state index in [1.54, 1.807) is 9.80 Å². The Morgan fingerprint density at radius 2 is 0.930 bits per heavy atom. The van der Waals surface area contributed by atoms with Crippen LogP contribution in [-0.4, -0.2) is 93.6 Å². The number of hydrogen-bond donors (Lipinski definition) is 6. The Kier molecular flexibility index (Phi) is 25.0. The molecule has 10 nitrogen and oxygen atoms in total. The van der Waals surface area contributed by atoms with E-state index in [-0.39, 0.29) is 67.1 Å². The third kappa shape index (κ3) is 23.6. The van der Waals surface area contributed by atoms with Gasteiger partial charge in [0, 0.05) is 55.9 Å². The molecule has 3 aromatic carbocycles. The third-order valence-corrected chi connectivity index (χ3v) is 8.51. The molecule has 0 aliphatic rings. The number of carbonyl (C=O) groups excluding carboxylic acids is 2. The number of rotatable bonds is 17. The van der Waals surface area contributed by atoms with Gasteiger partial charge in [0.05, 0.1) is 12.2 Å². The smallest absolute Gasteiger partial charge is 0.317 e. The zero-order valence-corrected chi connectivity index (χ0v) is 37.7. The SMILES string of the molecule is CC(C)CN(C[C@@H](O)[C@@H](N)Cc1ccccc1)C(=O)NC(C)(C)C.CC(C)CN(C[C@@H](O)[C@H](Cc1ccccc1)NCc1ccccc1)C(=O)NC(C)(C)C.Cl.Cl. The Labute approximate surface area is 356 Å². The Morgan fingerprint density at radius 3 is 1.30 bits per heavy atom. The Bertz CT molecular complexity index is 1510. The van der Waals surface area contributed by atoms with Crippen LogP contribution in [0.15, 0.2) is 91.0 Å². The maximum Gasteiger partial charge on any atom is 0.317 e. The predicted molar refractivity (Wildman–Crippen MR) is 241 cm³/mol. The molecule has 0 spiro atoms. The first-order valence-electron chi connectivity index (χ1n) is 19.8. The number of halogens is 2. The topological polar surface area (TPSA) is 143 Å². The largest absolute Gasteiger partial charge is 0.390 e. The van der Waals surface area contributed by atoms with E-state index in [0.717, 1.165) is 16.7 Å². The molecule has 0 unspecified atom stereocenters. The number of benzene rings is 3. The average Bonchev–Trinajstić information content (AvgIpc) is 3.09. The van der Waals surface area contributed by atoms with Crippen molar-refractivity contribution in [2.75, 3.05) is 26.2 Å². The highest BCUT2D eigenvalue weighted by Gasteiger charge is 2.28. The van der Waals surface area contributed by atoms with E-state index in [0.29, 0.717) is 44.3 Å². The normalized spacial score (nSPS) is 13.5. The molecule has 4 atom stereocenters. The highest BCUT2D eigenvalue weighted by Crippen LogP contribution is 2.13. The lowest BCUT2D eigenvalue weighted by molar-refractivity contribution is 0.0823. The van der Waals surface area contributed by atoms with Gasteiger partial charge >= 0.3 is 12.1 Å². The van der Waals surface area contributed by atoms with Gasteiger partial charge in [-0.1, -0.05) is 119 Å². The van der Waals surface area contributed by atoms with Crippen molar-refractivity contribution in [3.05, 3.63) is 108 Å². The van der Waals surface area contributed by atoms with Crippen molar-refractivity contribution in [1.29, 1.82) is 0 Å². The average molecular weight is 834 g/mol. The van der Waals surface area contributed by atoms with Crippen LogP contribution >= 0.6 is 24.8 Å². The summed E-state index contributed by atoms with van der Waals surface area (Å²) in [7, 11) is 0. The highest BCUT2D eigenvalue weighted by atomic mass is 35.5. The standard InChI is InChI=1S/C26H39N3O2.C19H33N3O2.2ClH/c1-20(2)18-29(25(31)28-26(3,4)5)19-24(30)23(16-21-12-8-6-9-13-21)27-17-22-14-10-7-11-15-22;1-14(2)12-22(18(24)21-19(3,4)5)13-17(23)16(20)11-15-9-7-6-8-10-15;;/h6-15,20,23-24,27,30H,16-19H2,1-5H3,(H,28,31);6-10,14,16-17,23H,11-13,20H2,1-5H3,(H,21,24);2*1H/t23-,24+;16-,17+;;/m00../s1. The lowest BCUT2D eigenvalue weighted by Gasteiger charge is -2.33. The van der Waals surface area contributed by atoms with Crippen LogP contribution in [0.3, 0.4) is 0 Å². The van der Waals surface area contributed by atoms with E-state index < -0.39 is 18.2 Å². The summed E-state index contributed by atoms with van der Waals surface area (Å²) in [5.74, 6) is 0.621. The molecule has 3 aromatic rings. The molecule has 3 rings (SSSR count). The van der Waals surface area contributed by atoms with Gasteiger partial charge in [0.2, 0.25) is 0 Å². The number of amides is 4. The van der Waals surface area contributed by atoms with Crippen LogP contribution in [0.5, 0.6) is 0 Å². The molecular formula is C45H74Cl2N6O4. The Balaban J connectivity index is 0.00000110. The number of carbonyl (C=O) groups is 2. The molecule has 57 heavy (non-hydrogen) atoms. The minimum atomic E-state index is -0.769. The van der Waals surface area contributed by atoms with E-state index in [4.69, 9.17) is 5.73 Å². The van der Waals surface area contributed by atoms with Gasteiger partial charge in [0.1, 0.15) is 0 Å². The van der Waals surface area contributed by atoms with Crippen LogP contribution in [0.2, 0.25) is 0 Å². The van der Waals surface area contributed by atoms with Gasteiger partial charge in [-0.15, -0.1) is 24.8 Å². The number of aliphatic hydroxyl groups is 2. The monoisotopic (exact) mass is 833 g/mol. The van der Waals surface area contributed by atoms with Crippen molar-refractivity contribution in [2.24, 2.45) is 17.6 Å². The van der Waals surface area contributed by atoms with Crippen molar-refractivity contribution in [2.45, 2.75) is 124 Å². The number of nitrogens with two attached hydrogens (primary N) is 1. The summed E-state index contributed by atoms with van der Waals surface area (Å²) in [6.07, 6.45) is -0.202. The maximum absolute atomic E-state index is 12.9. The summed E-state index contributed by atoms with van der Waals surface area (Å²) in [6, 6.07) is 29.3. The van der Waals surface area contributed by atoms with Crippen molar-refractivity contribution in [1.82, 2.24) is 25.8 Å². The fourth-order valence-corrected chi connectivity index (χ4v) is 5.96. The number of nitrogens with zero attached hydrogens (tertiary/aromatic N) is 2. The first kappa shape index (κ1) is 53.6. The summed E-state index contributed by atoms with van der Waals surface area (Å²) < 4.78 is 0. The fraction of sp³-hybridized carbons (Fsp3) is 0.556. The molecule has 0 aromatic heterocycles. The van der Waals surface area contributed by atoms with Crippen LogP contribution < -0.4 is 21.7 Å². The Morgan fingerprint density at radius 1 is 0.579 bits per heavy atom. The minimum Gasteiger partial charge on any atom is -0.390 e. The van der Waals surface area contributed by atoms with Gasteiger partial charge < -0.3 is 41.7 Å². The summed E-state index contributed by atoms with van der Waals surface area (Å²) in [4.78, 5) is 28.7. The van der Waals surface area contributed by atoms with Crippen LogP contribution in [-0.2, 0) is 19.4 Å². The fourth-order valence-electron chi connectivity index (χ4n) is 5.96. The van der Waals surface area contributed by atoms with Crippen molar-refractivity contribution in [3.8, 4) is 0 Å². The number of nitrogens with one attached hydrogen (secondary N) is 3. The lowest BCUT2D eigenvalue weighted by atomic mass is 10.00. The van der Waals surface area contributed by atoms with Crippen molar-refractivity contribution < 1.29 is 19.8 Å². The van der Waals surface area contributed by atoms with E-state index in [9.17, 15) is 19.8 Å². The molecule has 0 bridgehead atoms. The van der Waals surface area contributed by atoms with E-state index in [2.05, 4.69) is 54.1 Å². The second-order valence-corrected chi connectivity index (χ2v) is 17.6. The Hall–Kier alpha value is -3.38. The summed E-state index contributed by atoms with van der Waals surface area (Å²) in [6.45, 7) is 22.3. The number of hydrogen-bond acceptors (Lipinski definition) is 6. The van der Waals surface area contributed by atoms with E-state index in [1.165, 1.54) is 0 Å². The third-order valence-electron chi connectivity index (χ3n) is 8.51. The van der Waals surface area contributed by atoms with Crippen LogP contribution in [0.1, 0.15) is 85.9 Å². The predicted octanol–water partition coefficient (Wildman–Crippen LogP) is 7.44. The highest BCUT2D eigenvalue weighted by molar-refractivity contribution is 5.85. The minimum absolute atomic E-state index is 0. The van der Waals surface area contributed by atoms with Crippen LogP contribution in [0.4, 0.5) is 9.59 Å². The number of urea groups is 2. The molecular weight excluding hydrogens is 759 g/mol. The molecule has 0 heterocycles. The first-order chi connectivity index (χ1) is 25.7. The summed E-state index contributed by atoms with van der Waals surface area (Å²) in [5.41, 5.74) is 8.90. The number of aliphatic hydroxyl groups excluding tert-OH is 2. The van der Waals surface area contributed by atoms with Gasteiger partial charge in [-0.3, -0.25) is 0 Å². The zero-order chi connectivity index (χ0) is 41.2. The maximum atomic E-state index is 12.9. The second kappa shape index (κ2) is 26.6. The molecule has 12 heteroatoms. The van der Waals surface area contributed by atoms with Gasteiger partial charge in [0.15, 0.2) is 0 Å². The van der Waals surface area contributed by atoms with Crippen LogP contribution in [0, 0.1) is 11.8 Å². The molecule has 0 aliphatic heterocycles. The van der Waals surface area contributed by atoms with Gasteiger partial charge in [-0.05, 0) is 82.9 Å². The van der Waals surface area contributed by atoms with E-state index >= 15 is 0 Å². The second-order valence-electron chi connectivity index (χ2n) is 17.6. The molecule has 0 saturated heterocycles. The molecule has 0 fully saturated rings. The van der Waals surface area contributed by atoms with Crippen molar-refractivity contribution in [3.63, 3.8) is 0 Å². The quantitative estimate of drug-likeness (QED) is 0.0835. The molecule has 4 amide bonds. The van der Waals surface area contributed by atoms with Gasteiger partial charge in [0.25, 0.3) is 0 Å². The summed E-state index contributed by atoms with van der Waals surface area (Å²) in [5, 5.41) is 31.2. The van der Waals surface area contributed by atoms with Crippen molar-refractivity contribution >= 4 is 36.9 Å². The lowest BCUT2D eigenvalue weighted by Crippen LogP contribution is -2.54. The summed E-state index contributed by atoms with van der Waals surface area (Å²) >= 11 is 0. The zero-order valence-electron chi connectivity index (χ0n) is 36.1. The molecule has 0 radical (unpaired) electrons. The molecule has 0 saturated carbocycles. The van der Waals surface area contributed by atoms with Gasteiger partial charge in [-0.2, -0.15) is 0 Å². The van der Waals surface area contributed by atoms with Gasteiger partial charge in [-0.25, -0.2) is 9.59 Å². The molecule has 7 N–H and O–H groups in total.